The fourth-order valence-electron chi connectivity index (χ4n) is 3.58. The van der Waals surface area contributed by atoms with Gasteiger partial charge in [0.05, 0.1) is 6.61 Å². The van der Waals surface area contributed by atoms with E-state index in [1.165, 1.54) is 51.4 Å². The van der Waals surface area contributed by atoms with E-state index < -0.39 is 12.0 Å². The second-order valence-electron chi connectivity index (χ2n) is 8.15. The quantitative estimate of drug-likeness (QED) is 0.175. The largest absolute Gasteiger partial charge is 0.464 e. The topological polar surface area (TPSA) is 72.5 Å². The van der Waals surface area contributed by atoms with E-state index in [-0.39, 0.29) is 24.7 Å². The molecule has 0 aliphatic carbocycles. The first-order valence-corrected chi connectivity index (χ1v) is 12.1. The monoisotopic (exact) mass is 431 g/mol. The minimum absolute atomic E-state index is 0.0904. The molecule has 0 aliphatic rings. The van der Waals surface area contributed by atoms with Gasteiger partial charge < -0.3 is 10.1 Å². The van der Waals surface area contributed by atoms with Crippen LogP contribution in [0.4, 0.5) is 0 Å². The summed E-state index contributed by atoms with van der Waals surface area (Å²) in [6.45, 7) is 4.16. The van der Waals surface area contributed by atoms with Gasteiger partial charge in [-0.25, -0.2) is 4.79 Å². The number of nitrogens with one attached hydrogen (secondary N) is 1. The van der Waals surface area contributed by atoms with E-state index in [2.05, 4.69) is 12.2 Å². The Kier molecular flexibility index (Phi) is 15.2. The SMILES string of the molecule is CCCCCCCCCCCCCC(=O)N[C@H](CC(=O)c1ccccc1)C(=O)OCC. The van der Waals surface area contributed by atoms with Crippen LogP contribution in [0, 0.1) is 0 Å². The third kappa shape index (κ3) is 13.0. The molecular formula is C26H41NO4. The molecule has 5 nitrogen and oxygen atoms in total. The summed E-state index contributed by atoms with van der Waals surface area (Å²) in [5, 5.41) is 2.70. The smallest absolute Gasteiger partial charge is 0.329 e. The Balaban J connectivity index is 2.26. The van der Waals surface area contributed by atoms with Crippen LogP contribution >= 0.6 is 0 Å². The van der Waals surface area contributed by atoms with Gasteiger partial charge in [0.15, 0.2) is 5.78 Å². The highest BCUT2D eigenvalue weighted by Crippen LogP contribution is 2.12. The Morgan fingerprint density at radius 3 is 1.90 bits per heavy atom. The number of rotatable bonds is 18. The number of benzene rings is 1. The maximum Gasteiger partial charge on any atom is 0.329 e. The number of Topliss-reactive ketones (excluding diaryl/α,β-unsaturated/α-hetero) is 1. The third-order valence-corrected chi connectivity index (χ3v) is 5.40. The standard InChI is InChI=1S/C26H41NO4/c1-3-5-6-7-8-9-10-11-12-13-17-20-25(29)27-23(26(30)31-4-2)21-24(28)22-18-15-14-16-19-22/h14-16,18-19,23H,3-13,17,20-21H2,1-2H3,(H,27,29)/t23-/m1/s1. The summed E-state index contributed by atoms with van der Waals surface area (Å²) in [5.74, 6) is -0.942. The first-order valence-electron chi connectivity index (χ1n) is 12.1. The first-order chi connectivity index (χ1) is 15.1. The van der Waals surface area contributed by atoms with Gasteiger partial charge in [-0.1, -0.05) is 101 Å². The van der Waals surface area contributed by atoms with E-state index in [4.69, 9.17) is 4.74 Å². The van der Waals surface area contributed by atoms with Crippen molar-refractivity contribution in [1.82, 2.24) is 5.32 Å². The van der Waals surface area contributed by atoms with Gasteiger partial charge in [-0.2, -0.15) is 0 Å². The van der Waals surface area contributed by atoms with Crippen molar-refractivity contribution in [2.24, 2.45) is 0 Å². The Bertz CT molecular complexity index is 630. The average Bonchev–Trinajstić information content (AvgIpc) is 2.77. The van der Waals surface area contributed by atoms with Crippen LogP contribution in [0.25, 0.3) is 0 Å². The molecule has 0 spiro atoms. The van der Waals surface area contributed by atoms with E-state index >= 15 is 0 Å². The Labute approximate surface area is 188 Å². The fraction of sp³-hybridized carbons (Fsp3) is 0.654. The minimum Gasteiger partial charge on any atom is -0.464 e. The molecule has 0 saturated carbocycles. The third-order valence-electron chi connectivity index (χ3n) is 5.40. The number of hydrogen-bond acceptors (Lipinski definition) is 4. The van der Waals surface area contributed by atoms with E-state index in [1.807, 2.05) is 6.07 Å². The number of ether oxygens (including phenoxy) is 1. The number of unbranched alkanes of at least 4 members (excludes halogenated alkanes) is 10. The maximum atomic E-state index is 12.4. The molecule has 0 radical (unpaired) electrons. The molecule has 1 aromatic rings. The Morgan fingerprint density at radius 1 is 0.806 bits per heavy atom. The molecule has 0 heterocycles. The summed E-state index contributed by atoms with van der Waals surface area (Å²) in [7, 11) is 0. The van der Waals surface area contributed by atoms with Crippen LogP contribution < -0.4 is 5.32 Å². The van der Waals surface area contributed by atoms with Crippen molar-refractivity contribution in [3.63, 3.8) is 0 Å². The zero-order valence-corrected chi connectivity index (χ0v) is 19.5. The molecular weight excluding hydrogens is 390 g/mol. The zero-order valence-electron chi connectivity index (χ0n) is 19.5. The van der Waals surface area contributed by atoms with Crippen molar-refractivity contribution >= 4 is 17.7 Å². The van der Waals surface area contributed by atoms with Crippen molar-refractivity contribution in [2.45, 2.75) is 103 Å². The molecule has 1 rings (SSSR count). The number of carbonyl (C=O) groups excluding carboxylic acids is 3. The first kappa shape index (κ1) is 26.9. The van der Waals surface area contributed by atoms with Crippen molar-refractivity contribution < 1.29 is 19.1 Å². The number of esters is 1. The molecule has 0 bridgehead atoms. The van der Waals surface area contributed by atoms with Gasteiger partial charge in [0.25, 0.3) is 0 Å². The van der Waals surface area contributed by atoms with Crippen LogP contribution in [0.3, 0.4) is 0 Å². The summed E-state index contributed by atoms with van der Waals surface area (Å²) >= 11 is 0. The molecule has 0 aromatic heterocycles. The van der Waals surface area contributed by atoms with E-state index in [0.717, 1.165) is 19.3 Å². The van der Waals surface area contributed by atoms with Gasteiger partial charge in [-0.3, -0.25) is 9.59 Å². The van der Waals surface area contributed by atoms with Crippen LogP contribution in [0.5, 0.6) is 0 Å². The molecule has 1 N–H and O–H groups in total. The predicted molar refractivity (Wildman–Crippen MR) is 125 cm³/mol. The minimum atomic E-state index is -0.937. The van der Waals surface area contributed by atoms with Crippen molar-refractivity contribution in [3.8, 4) is 0 Å². The Hall–Kier alpha value is -2.17. The predicted octanol–water partition coefficient (Wildman–Crippen LogP) is 6.01. The van der Waals surface area contributed by atoms with Crippen LogP contribution in [-0.2, 0) is 14.3 Å². The highest BCUT2D eigenvalue weighted by atomic mass is 16.5. The van der Waals surface area contributed by atoms with Gasteiger partial charge in [-0.05, 0) is 13.3 Å². The summed E-state index contributed by atoms with van der Waals surface area (Å²) in [6, 6.07) is 7.85. The molecule has 0 unspecified atom stereocenters. The molecule has 1 amide bonds. The molecule has 0 saturated heterocycles. The molecule has 0 fully saturated rings. The number of carbonyl (C=O) groups is 3. The van der Waals surface area contributed by atoms with E-state index in [9.17, 15) is 14.4 Å². The average molecular weight is 432 g/mol. The van der Waals surface area contributed by atoms with Gasteiger partial charge in [0.2, 0.25) is 5.91 Å². The second kappa shape index (κ2) is 17.5. The van der Waals surface area contributed by atoms with E-state index in [0.29, 0.717) is 12.0 Å². The Morgan fingerprint density at radius 2 is 1.35 bits per heavy atom. The van der Waals surface area contributed by atoms with Crippen molar-refractivity contribution in [1.29, 1.82) is 0 Å². The van der Waals surface area contributed by atoms with Gasteiger partial charge in [0, 0.05) is 18.4 Å². The highest BCUT2D eigenvalue weighted by molar-refractivity contribution is 5.99. The highest BCUT2D eigenvalue weighted by Gasteiger charge is 2.25. The number of ketones is 1. The van der Waals surface area contributed by atoms with Crippen LogP contribution in [0.1, 0.15) is 108 Å². The normalized spacial score (nSPS) is 11.7. The van der Waals surface area contributed by atoms with Crippen molar-refractivity contribution in [3.05, 3.63) is 35.9 Å². The summed E-state index contributed by atoms with van der Waals surface area (Å²) < 4.78 is 5.05. The number of amides is 1. The van der Waals surface area contributed by atoms with Crippen LogP contribution in [0.15, 0.2) is 30.3 Å². The van der Waals surface area contributed by atoms with Gasteiger partial charge >= 0.3 is 5.97 Å². The fourth-order valence-corrected chi connectivity index (χ4v) is 3.58. The second-order valence-corrected chi connectivity index (χ2v) is 8.15. The molecule has 174 valence electrons. The van der Waals surface area contributed by atoms with Gasteiger partial charge in [-0.15, -0.1) is 0 Å². The summed E-state index contributed by atoms with van der Waals surface area (Å²) in [4.78, 5) is 37.0. The molecule has 5 heteroatoms. The van der Waals surface area contributed by atoms with E-state index in [1.54, 1.807) is 31.2 Å². The number of hydrogen-bond donors (Lipinski definition) is 1. The lowest BCUT2D eigenvalue weighted by molar-refractivity contribution is -0.147. The van der Waals surface area contributed by atoms with Crippen LogP contribution in [0.2, 0.25) is 0 Å². The lowest BCUT2D eigenvalue weighted by atomic mass is 10.0. The van der Waals surface area contributed by atoms with Gasteiger partial charge in [0.1, 0.15) is 6.04 Å². The zero-order chi connectivity index (χ0) is 22.7. The molecule has 0 aliphatic heterocycles. The lowest BCUT2D eigenvalue weighted by Gasteiger charge is -2.17. The van der Waals surface area contributed by atoms with Crippen LogP contribution in [-0.4, -0.2) is 30.3 Å². The molecule has 1 atom stereocenters. The molecule has 1 aromatic carbocycles. The molecule has 31 heavy (non-hydrogen) atoms. The maximum absolute atomic E-state index is 12.4. The summed E-state index contributed by atoms with van der Waals surface area (Å²) in [6.07, 6.45) is 13.7. The summed E-state index contributed by atoms with van der Waals surface area (Å²) in [5.41, 5.74) is 0.524. The lowest BCUT2D eigenvalue weighted by Crippen LogP contribution is -2.43. The van der Waals surface area contributed by atoms with Crippen molar-refractivity contribution in [2.75, 3.05) is 6.61 Å².